The van der Waals surface area contributed by atoms with Gasteiger partial charge in [0.15, 0.2) is 0 Å². The monoisotopic (exact) mass is 274 g/mol. The van der Waals surface area contributed by atoms with Crippen molar-refractivity contribution in [1.82, 2.24) is 20.1 Å². The number of aryl methyl sites for hydroxylation is 2. The average molecular weight is 274 g/mol. The lowest BCUT2D eigenvalue weighted by Gasteiger charge is -2.07. The molecule has 1 aliphatic carbocycles. The fourth-order valence-electron chi connectivity index (χ4n) is 2.06. The van der Waals surface area contributed by atoms with E-state index in [0.29, 0.717) is 0 Å². The summed E-state index contributed by atoms with van der Waals surface area (Å²) in [6.45, 7) is 3.00. The van der Waals surface area contributed by atoms with Gasteiger partial charge in [0.2, 0.25) is 0 Å². The van der Waals surface area contributed by atoms with Crippen LogP contribution in [0.2, 0.25) is 0 Å². The highest BCUT2D eigenvalue weighted by atomic mass is 32.2. The Labute approximate surface area is 117 Å². The molecule has 0 radical (unpaired) electrons. The first kappa shape index (κ1) is 12.7. The van der Waals surface area contributed by atoms with E-state index in [0.717, 1.165) is 18.3 Å². The lowest BCUT2D eigenvalue weighted by Crippen LogP contribution is -2.16. The van der Waals surface area contributed by atoms with Crippen LogP contribution in [-0.4, -0.2) is 20.8 Å². The van der Waals surface area contributed by atoms with Gasteiger partial charge in [-0.15, -0.1) is 0 Å². The minimum absolute atomic E-state index is 0.721. The van der Waals surface area contributed by atoms with Crippen LogP contribution in [0.3, 0.4) is 0 Å². The molecule has 4 nitrogen and oxygen atoms in total. The number of rotatable bonds is 5. The minimum Gasteiger partial charge on any atom is -0.310 e. The summed E-state index contributed by atoms with van der Waals surface area (Å²) in [5.41, 5.74) is 2.43. The third-order valence-corrected chi connectivity index (χ3v) is 4.51. The highest BCUT2D eigenvalue weighted by Gasteiger charge is 2.22. The van der Waals surface area contributed by atoms with E-state index < -0.39 is 0 Å². The SMILES string of the molecule is Cc1nn(C)c(Sc2ccncc2)c1CNC1CC1. The third kappa shape index (κ3) is 2.98. The van der Waals surface area contributed by atoms with E-state index in [2.05, 4.69) is 22.3 Å². The zero-order chi connectivity index (χ0) is 13.2. The molecule has 0 saturated heterocycles. The zero-order valence-corrected chi connectivity index (χ0v) is 12.1. The average Bonchev–Trinajstić information content (AvgIpc) is 3.18. The smallest absolute Gasteiger partial charge is 0.103 e. The van der Waals surface area contributed by atoms with Crippen molar-refractivity contribution in [3.8, 4) is 0 Å². The molecule has 1 saturated carbocycles. The highest BCUT2D eigenvalue weighted by Crippen LogP contribution is 2.31. The van der Waals surface area contributed by atoms with E-state index in [9.17, 15) is 0 Å². The Kier molecular flexibility index (Phi) is 3.57. The van der Waals surface area contributed by atoms with Gasteiger partial charge < -0.3 is 5.32 Å². The molecule has 0 amide bonds. The summed E-state index contributed by atoms with van der Waals surface area (Å²) in [6.07, 6.45) is 6.28. The molecular weight excluding hydrogens is 256 g/mol. The molecule has 0 spiro atoms. The normalized spacial score (nSPS) is 14.8. The van der Waals surface area contributed by atoms with Gasteiger partial charge in [0.05, 0.1) is 5.69 Å². The molecule has 0 atom stereocenters. The van der Waals surface area contributed by atoms with Gasteiger partial charge in [-0.25, -0.2) is 0 Å². The van der Waals surface area contributed by atoms with Crippen molar-refractivity contribution in [2.75, 3.05) is 0 Å². The fraction of sp³-hybridized carbons (Fsp3) is 0.429. The molecule has 1 fully saturated rings. The molecule has 0 aromatic carbocycles. The number of hydrogen-bond donors (Lipinski definition) is 1. The van der Waals surface area contributed by atoms with E-state index >= 15 is 0 Å². The van der Waals surface area contributed by atoms with Gasteiger partial charge in [0.25, 0.3) is 0 Å². The second-order valence-corrected chi connectivity index (χ2v) is 6.00. The molecule has 2 aromatic rings. The summed E-state index contributed by atoms with van der Waals surface area (Å²) in [4.78, 5) is 5.26. The highest BCUT2D eigenvalue weighted by molar-refractivity contribution is 7.99. The molecule has 0 bridgehead atoms. The molecular formula is C14H18N4S. The second-order valence-electron chi connectivity index (χ2n) is 4.93. The topological polar surface area (TPSA) is 42.7 Å². The molecule has 2 aromatic heterocycles. The summed E-state index contributed by atoms with van der Waals surface area (Å²) in [5.74, 6) is 0. The third-order valence-electron chi connectivity index (χ3n) is 3.30. The molecule has 1 aliphatic rings. The van der Waals surface area contributed by atoms with Crippen LogP contribution in [0.25, 0.3) is 0 Å². The van der Waals surface area contributed by atoms with Gasteiger partial charge in [-0.05, 0) is 31.9 Å². The fourth-order valence-corrected chi connectivity index (χ4v) is 3.06. The van der Waals surface area contributed by atoms with E-state index in [4.69, 9.17) is 0 Å². The number of hydrogen-bond acceptors (Lipinski definition) is 4. The van der Waals surface area contributed by atoms with Gasteiger partial charge >= 0.3 is 0 Å². The minimum atomic E-state index is 0.721. The molecule has 5 heteroatoms. The van der Waals surface area contributed by atoms with Crippen molar-refractivity contribution in [2.24, 2.45) is 7.05 Å². The largest absolute Gasteiger partial charge is 0.310 e. The van der Waals surface area contributed by atoms with Crippen LogP contribution in [0.5, 0.6) is 0 Å². The first-order valence-electron chi connectivity index (χ1n) is 6.58. The Bertz CT molecular complexity index is 560. The first-order valence-corrected chi connectivity index (χ1v) is 7.39. The predicted molar refractivity (Wildman–Crippen MR) is 76.2 cm³/mol. The Hall–Kier alpha value is -1.33. The summed E-state index contributed by atoms with van der Waals surface area (Å²) in [5, 5.41) is 9.34. The maximum atomic E-state index is 4.55. The van der Waals surface area contributed by atoms with Crippen molar-refractivity contribution in [3.05, 3.63) is 35.8 Å². The maximum Gasteiger partial charge on any atom is 0.103 e. The summed E-state index contributed by atoms with van der Waals surface area (Å²) in [6, 6.07) is 4.79. The quantitative estimate of drug-likeness (QED) is 0.910. The second kappa shape index (κ2) is 5.35. The maximum absolute atomic E-state index is 4.55. The van der Waals surface area contributed by atoms with Crippen molar-refractivity contribution >= 4 is 11.8 Å². The van der Waals surface area contributed by atoms with Crippen LogP contribution in [0.1, 0.15) is 24.1 Å². The lowest BCUT2D eigenvalue weighted by molar-refractivity contribution is 0.658. The lowest BCUT2D eigenvalue weighted by atomic mass is 10.2. The van der Waals surface area contributed by atoms with Crippen LogP contribution in [0.15, 0.2) is 34.4 Å². The van der Waals surface area contributed by atoms with E-state index in [-0.39, 0.29) is 0 Å². The molecule has 0 unspecified atom stereocenters. The van der Waals surface area contributed by atoms with Crippen LogP contribution >= 0.6 is 11.8 Å². The van der Waals surface area contributed by atoms with E-state index in [1.165, 1.54) is 28.3 Å². The Morgan fingerprint density at radius 1 is 1.37 bits per heavy atom. The summed E-state index contributed by atoms with van der Waals surface area (Å²) < 4.78 is 1.98. The van der Waals surface area contributed by atoms with Crippen molar-refractivity contribution in [2.45, 2.75) is 42.3 Å². The number of nitrogens with zero attached hydrogens (tertiary/aromatic N) is 3. The van der Waals surface area contributed by atoms with Crippen LogP contribution < -0.4 is 5.32 Å². The van der Waals surface area contributed by atoms with Gasteiger partial charge in [-0.3, -0.25) is 9.67 Å². The first-order chi connectivity index (χ1) is 9.24. The zero-order valence-electron chi connectivity index (χ0n) is 11.3. The standard InChI is InChI=1S/C14H18N4S/c1-10-13(9-16-11-3-4-11)14(18(2)17-10)19-12-5-7-15-8-6-12/h5-8,11,16H,3-4,9H2,1-2H3. The number of aromatic nitrogens is 3. The summed E-state index contributed by atoms with van der Waals surface area (Å²) >= 11 is 1.75. The van der Waals surface area contributed by atoms with E-state index in [1.54, 1.807) is 11.8 Å². The molecule has 100 valence electrons. The van der Waals surface area contributed by atoms with Crippen molar-refractivity contribution in [1.29, 1.82) is 0 Å². The summed E-state index contributed by atoms with van der Waals surface area (Å²) in [7, 11) is 2.01. The van der Waals surface area contributed by atoms with Gasteiger partial charge in [0, 0.05) is 42.5 Å². The van der Waals surface area contributed by atoms with Gasteiger partial charge in [-0.2, -0.15) is 5.10 Å². The number of nitrogens with one attached hydrogen (secondary N) is 1. The van der Waals surface area contributed by atoms with Crippen LogP contribution in [0, 0.1) is 6.92 Å². The Morgan fingerprint density at radius 3 is 2.79 bits per heavy atom. The molecule has 0 aliphatic heterocycles. The van der Waals surface area contributed by atoms with Crippen LogP contribution in [-0.2, 0) is 13.6 Å². The van der Waals surface area contributed by atoms with Crippen molar-refractivity contribution < 1.29 is 0 Å². The van der Waals surface area contributed by atoms with Gasteiger partial charge in [0.1, 0.15) is 5.03 Å². The number of pyridine rings is 1. The van der Waals surface area contributed by atoms with Crippen LogP contribution in [0.4, 0.5) is 0 Å². The molecule has 3 rings (SSSR count). The van der Waals surface area contributed by atoms with Crippen molar-refractivity contribution in [3.63, 3.8) is 0 Å². The molecule has 1 N–H and O–H groups in total. The Morgan fingerprint density at radius 2 is 2.11 bits per heavy atom. The molecule has 2 heterocycles. The Balaban J connectivity index is 1.82. The van der Waals surface area contributed by atoms with E-state index in [1.807, 2.05) is 36.3 Å². The van der Waals surface area contributed by atoms with Gasteiger partial charge in [-0.1, -0.05) is 11.8 Å². The predicted octanol–water partition coefficient (Wildman–Crippen LogP) is 2.53. The molecule has 19 heavy (non-hydrogen) atoms.